The molecule has 0 bridgehead atoms. The van der Waals surface area contributed by atoms with Crippen LogP contribution in [0.1, 0.15) is 25.7 Å². The molecule has 0 unspecified atom stereocenters. The molecule has 1 saturated carbocycles. The highest BCUT2D eigenvalue weighted by molar-refractivity contribution is 5.46. The molecule has 1 aromatic heterocycles. The van der Waals surface area contributed by atoms with Gasteiger partial charge in [0.2, 0.25) is 5.88 Å². The number of hydrogen-bond donors (Lipinski definition) is 1. The summed E-state index contributed by atoms with van der Waals surface area (Å²) >= 11 is 0. The fraction of sp³-hybridized carbons (Fsp3) is 0.571. The minimum atomic E-state index is 0.150. The van der Waals surface area contributed by atoms with E-state index in [4.69, 9.17) is 6.15 Å². The Morgan fingerprint density at radius 1 is 1.47 bits per heavy atom. The van der Waals surface area contributed by atoms with E-state index in [1.165, 1.54) is 24.6 Å². The van der Waals surface area contributed by atoms with Crippen molar-refractivity contribution in [1.82, 2.24) is 15.2 Å². The van der Waals surface area contributed by atoms with Crippen molar-refractivity contribution in [1.29, 1.82) is 0 Å². The molecule has 3 aliphatic rings. The van der Waals surface area contributed by atoms with Crippen LogP contribution in [0.15, 0.2) is 17.3 Å². The summed E-state index contributed by atoms with van der Waals surface area (Å²) in [5.74, 6) is 1.50. The summed E-state index contributed by atoms with van der Waals surface area (Å²) in [4.78, 5) is 11.1. The third kappa shape index (κ3) is 1.47. The number of rotatable bonds is 0. The van der Waals surface area contributed by atoms with Crippen LogP contribution in [0.5, 0.6) is 5.88 Å². The predicted molar refractivity (Wildman–Crippen MR) is 70.9 cm³/mol. The Kier molecular flexibility index (Phi) is 2.04. The van der Waals surface area contributed by atoms with Crippen LogP contribution in [-0.4, -0.2) is 35.7 Å². The zero-order chi connectivity index (χ0) is 13.7. The first-order valence-corrected chi connectivity index (χ1v) is 6.88. The first kappa shape index (κ1) is 10.1. The maximum absolute atomic E-state index is 8.24. The standard InChI is InChI=1S/C14H18N4O/c1-18-12-11-10(16-9-17-12)3-7-15-13(11)19-8-6-14(18)4-2-5-14/h3,7,17H,2,4-6,8-9H2,1H3/i/hD. The second-order valence-electron chi connectivity index (χ2n) is 5.53. The lowest BCUT2D eigenvalue weighted by atomic mass is 9.73. The van der Waals surface area contributed by atoms with Crippen molar-refractivity contribution >= 4 is 5.82 Å². The molecule has 5 nitrogen and oxygen atoms in total. The molecule has 1 aliphatic carbocycles. The van der Waals surface area contributed by atoms with Gasteiger partial charge in [0.1, 0.15) is 17.7 Å². The Labute approximate surface area is 113 Å². The highest BCUT2D eigenvalue weighted by Crippen LogP contribution is 2.41. The Balaban J connectivity index is 2.02. The third-order valence-corrected chi connectivity index (χ3v) is 4.70. The highest BCUT2D eigenvalue weighted by atomic mass is 16.5. The molecular weight excluding hydrogens is 240 g/mol. The SMILES string of the molecule is [2H]N1CN=c2ccnc3c2=C1N(C)C1(CCC1)CCO3. The second-order valence-corrected chi connectivity index (χ2v) is 5.53. The molecule has 1 spiro atoms. The van der Waals surface area contributed by atoms with Gasteiger partial charge in [0.05, 0.1) is 12.0 Å². The van der Waals surface area contributed by atoms with E-state index < -0.39 is 0 Å². The van der Waals surface area contributed by atoms with Crippen molar-refractivity contribution in [3.05, 3.63) is 22.8 Å². The Morgan fingerprint density at radius 3 is 3.16 bits per heavy atom. The normalized spacial score (nSPS) is 24.5. The average molecular weight is 259 g/mol. The van der Waals surface area contributed by atoms with Crippen LogP contribution in [0.4, 0.5) is 0 Å². The molecular formula is C14H18N4O. The third-order valence-electron chi connectivity index (χ3n) is 4.70. The maximum atomic E-state index is 8.24. The van der Waals surface area contributed by atoms with E-state index in [2.05, 4.69) is 21.9 Å². The molecule has 2 aliphatic heterocycles. The number of aromatic nitrogens is 1. The minimum absolute atomic E-state index is 0.150. The molecule has 0 saturated heterocycles. The summed E-state index contributed by atoms with van der Waals surface area (Å²) in [7, 11) is 2.10. The van der Waals surface area contributed by atoms with Gasteiger partial charge in [-0.1, -0.05) is 0 Å². The first-order chi connectivity index (χ1) is 9.71. The van der Waals surface area contributed by atoms with Crippen LogP contribution in [0, 0.1) is 0 Å². The van der Waals surface area contributed by atoms with Gasteiger partial charge in [0.25, 0.3) is 0 Å². The van der Waals surface area contributed by atoms with Crippen LogP contribution in [0.2, 0.25) is 1.41 Å². The quantitative estimate of drug-likeness (QED) is 0.710. The minimum Gasteiger partial charge on any atom is -0.477 e. The van der Waals surface area contributed by atoms with E-state index >= 15 is 0 Å². The second kappa shape index (κ2) is 3.85. The number of pyridine rings is 1. The zero-order valence-electron chi connectivity index (χ0n) is 12.1. The molecule has 1 aromatic rings. The molecule has 0 radical (unpaired) electrons. The van der Waals surface area contributed by atoms with Crippen molar-refractivity contribution in [2.24, 2.45) is 4.99 Å². The molecule has 19 heavy (non-hydrogen) atoms. The highest BCUT2D eigenvalue weighted by Gasteiger charge is 2.42. The predicted octanol–water partition coefficient (Wildman–Crippen LogP) is -0.0354. The Morgan fingerprint density at radius 2 is 2.37 bits per heavy atom. The summed E-state index contributed by atoms with van der Waals surface area (Å²) in [5.41, 5.74) is 0.150. The largest absolute Gasteiger partial charge is 0.477 e. The molecule has 5 heteroatoms. The van der Waals surface area contributed by atoms with Crippen LogP contribution in [-0.2, 0) is 0 Å². The van der Waals surface area contributed by atoms with Crippen LogP contribution in [0.25, 0.3) is 5.82 Å². The lowest BCUT2D eigenvalue weighted by Crippen LogP contribution is -2.58. The molecule has 0 aromatic carbocycles. The van der Waals surface area contributed by atoms with Crippen molar-refractivity contribution in [3.63, 3.8) is 0 Å². The first-order valence-electron chi connectivity index (χ1n) is 7.33. The smallest absolute Gasteiger partial charge is 0.226 e. The van der Waals surface area contributed by atoms with Crippen molar-refractivity contribution in [2.45, 2.75) is 31.2 Å². The summed E-state index contributed by atoms with van der Waals surface area (Å²) in [6.45, 7) is 1.05. The van der Waals surface area contributed by atoms with Gasteiger partial charge >= 0.3 is 0 Å². The van der Waals surface area contributed by atoms with E-state index in [1.807, 2.05) is 6.07 Å². The number of nitrogens with zero attached hydrogens (tertiary/aromatic N) is 3. The number of ether oxygens (including phenoxy) is 1. The molecule has 1 fully saturated rings. The van der Waals surface area contributed by atoms with Gasteiger partial charge in [0, 0.05) is 25.2 Å². The van der Waals surface area contributed by atoms with Crippen LogP contribution < -0.4 is 20.6 Å². The zero-order valence-corrected chi connectivity index (χ0v) is 11.1. The van der Waals surface area contributed by atoms with E-state index in [0.29, 0.717) is 19.2 Å². The van der Waals surface area contributed by atoms with Crippen LogP contribution >= 0.6 is 0 Å². The van der Waals surface area contributed by atoms with Crippen molar-refractivity contribution < 1.29 is 6.15 Å². The van der Waals surface area contributed by atoms with E-state index in [0.717, 1.165) is 22.8 Å². The maximum Gasteiger partial charge on any atom is 0.226 e. The van der Waals surface area contributed by atoms with Gasteiger partial charge in [-0.25, -0.2) is 4.98 Å². The van der Waals surface area contributed by atoms with E-state index in [-0.39, 0.29) is 5.54 Å². The van der Waals surface area contributed by atoms with Crippen molar-refractivity contribution in [2.75, 3.05) is 20.3 Å². The summed E-state index contributed by atoms with van der Waals surface area (Å²) in [6.07, 6.45) is 6.32. The monoisotopic (exact) mass is 259 g/mol. The fourth-order valence-corrected chi connectivity index (χ4v) is 3.32. The van der Waals surface area contributed by atoms with E-state index in [9.17, 15) is 0 Å². The van der Waals surface area contributed by atoms with Crippen molar-refractivity contribution in [3.8, 4) is 5.88 Å². The molecule has 0 amide bonds. The van der Waals surface area contributed by atoms with Gasteiger partial charge < -0.3 is 14.9 Å². The number of nitrogens with one attached hydrogen (secondary N) is 1. The lowest BCUT2D eigenvalue weighted by Gasteiger charge is -2.51. The van der Waals surface area contributed by atoms with Crippen LogP contribution in [0.3, 0.4) is 0 Å². The van der Waals surface area contributed by atoms with Gasteiger partial charge in [0.15, 0.2) is 1.41 Å². The average Bonchev–Trinajstić information content (AvgIpc) is 2.39. The summed E-state index contributed by atoms with van der Waals surface area (Å²) in [6, 6.07) is 1.90. The number of hydrogen-bond acceptors (Lipinski definition) is 5. The topological polar surface area (TPSA) is 49.8 Å². The van der Waals surface area contributed by atoms with Gasteiger partial charge in [-0.2, -0.15) is 0 Å². The molecule has 0 atom stereocenters. The van der Waals surface area contributed by atoms with E-state index in [1.54, 1.807) is 6.20 Å². The molecule has 4 rings (SSSR count). The Bertz CT molecular complexity index is 670. The van der Waals surface area contributed by atoms with Gasteiger partial charge in [-0.05, 0) is 25.3 Å². The molecule has 100 valence electrons. The summed E-state index contributed by atoms with van der Waals surface area (Å²) < 4.78 is 14.1. The summed E-state index contributed by atoms with van der Waals surface area (Å²) in [5, 5.41) is 3.22. The van der Waals surface area contributed by atoms with Gasteiger partial charge in [-0.3, -0.25) is 4.99 Å². The van der Waals surface area contributed by atoms with Gasteiger partial charge in [-0.15, -0.1) is 0 Å². The molecule has 1 N–H and O–H groups in total. The fourth-order valence-electron chi connectivity index (χ4n) is 3.32. The molecule has 3 heterocycles. The Hall–Kier alpha value is -1.78. The lowest BCUT2D eigenvalue weighted by molar-refractivity contribution is 0.0504.